The van der Waals surface area contributed by atoms with Crippen molar-refractivity contribution in [1.29, 1.82) is 0 Å². The van der Waals surface area contributed by atoms with Crippen molar-refractivity contribution in [1.82, 2.24) is 10.2 Å². The van der Waals surface area contributed by atoms with Gasteiger partial charge >= 0.3 is 5.97 Å². The van der Waals surface area contributed by atoms with Gasteiger partial charge in [-0.2, -0.15) is 4.99 Å². The second kappa shape index (κ2) is 6.36. The minimum absolute atomic E-state index is 0.103. The standard InChI is InChI=1S/C16H21N3O4/c1-10(2)8-11(14(21)22)17-15(23)16(3)9-13(20)18-12-6-4-5-7-19(12)16/h4-7,10-11H,8-9H2,1-3H3,(H,17,23)(H,21,22). The van der Waals surface area contributed by atoms with Crippen LogP contribution in [0, 0.1) is 5.92 Å². The molecule has 2 heterocycles. The molecule has 0 saturated heterocycles. The summed E-state index contributed by atoms with van der Waals surface area (Å²) >= 11 is 0. The number of nitrogens with one attached hydrogen (secondary N) is 1. The third kappa shape index (κ3) is 3.49. The molecule has 23 heavy (non-hydrogen) atoms. The Kier molecular flexibility index (Phi) is 4.68. The molecule has 0 spiro atoms. The summed E-state index contributed by atoms with van der Waals surface area (Å²) in [4.78, 5) is 41.5. The van der Waals surface area contributed by atoms with Gasteiger partial charge in [0.05, 0.1) is 6.42 Å². The Hall–Kier alpha value is -2.44. The van der Waals surface area contributed by atoms with Crippen molar-refractivity contribution in [2.75, 3.05) is 0 Å². The SMILES string of the molecule is CC(C)CC(NC(=O)C1(C)CC(=O)N=C2C=CC=CN21)C(=O)O. The molecule has 2 rings (SSSR count). The number of fused-ring (bicyclic) bond motifs is 1. The van der Waals surface area contributed by atoms with E-state index in [1.165, 1.54) is 0 Å². The largest absolute Gasteiger partial charge is 0.480 e. The van der Waals surface area contributed by atoms with E-state index >= 15 is 0 Å². The molecule has 0 fully saturated rings. The summed E-state index contributed by atoms with van der Waals surface area (Å²) in [6.45, 7) is 5.39. The number of carboxylic acids is 1. The molecular weight excluding hydrogens is 298 g/mol. The molecule has 0 aliphatic carbocycles. The van der Waals surface area contributed by atoms with E-state index in [4.69, 9.17) is 0 Å². The third-order valence-corrected chi connectivity index (χ3v) is 3.90. The van der Waals surface area contributed by atoms with Crippen LogP contribution in [0.25, 0.3) is 0 Å². The number of aliphatic imine (C=N–C) groups is 1. The first kappa shape index (κ1) is 16.9. The van der Waals surface area contributed by atoms with Gasteiger partial charge in [0.15, 0.2) is 0 Å². The zero-order valence-electron chi connectivity index (χ0n) is 13.4. The predicted molar refractivity (Wildman–Crippen MR) is 84.6 cm³/mol. The van der Waals surface area contributed by atoms with E-state index in [0.717, 1.165) is 0 Å². The van der Waals surface area contributed by atoms with Crippen LogP contribution in [0.15, 0.2) is 29.4 Å². The van der Waals surface area contributed by atoms with Gasteiger partial charge in [-0.3, -0.25) is 9.59 Å². The van der Waals surface area contributed by atoms with Crippen molar-refractivity contribution < 1.29 is 19.5 Å². The second-order valence-corrected chi connectivity index (χ2v) is 6.38. The zero-order valence-corrected chi connectivity index (χ0v) is 13.4. The molecule has 2 unspecified atom stereocenters. The summed E-state index contributed by atoms with van der Waals surface area (Å²) in [5, 5.41) is 11.9. The molecule has 2 aliphatic rings. The molecule has 0 aromatic carbocycles. The third-order valence-electron chi connectivity index (χ3n) is 3.90. The molecule has 0 aromatic heterocycles. The molecule has 0 aromatic rings. The highest BCUT2D eigenvalue weighted by Gasteiger charge is 2.46. The van der Waals surface area contributed by atoms with Crippen molar-refractivity contribution in [2.45, 2.75) is 45.2 Å². The number of rotatable bonds is 5. The molecule has 0 radical (unpaired) electrons. The predicted octanol–water partition coefficient (Wildman–Crippen LogP) is 1.07. The second-order valence-electron chi connectivity index (χ2n) is 6.38. The van der Waals surface area contributed by atoms with Crippen LogP contribution in [0.2, 0.25) is 0 Å². The quantitative estimate of drug-likeness (QED) is 0.790. The fraction of sp³-hybridized carbons (Fsp3) is 0.500. The Bertz CT molecular complexity index is 621. The van der Waals surface area contributed by atoms with Crippen molar-refractivity contribution >= 4 is 23.6 Å². The van der Waals surface area contributed by atoms with Crippen LogP contribution in [0.5, 0.6) is 0 Å². The molecule has 2 aliphatic heterocycles. The summed E-state index contributed by atoms with van der Waals surface area (Å²) in [6, 6.07) is -0.985. The number of carboxylic acid groups (broad SMARTS) is 1. The topological polar surface area (TPSA) is 99.1 Å². The van der Waals surface area contributed by atoms with Gasteiger partial charge in [0, 0.05) is 6.20 Å². The van der Waals surface area contributed by atoms with E-state index in [1.54, 1.807) is 36.3 Å². The van der Waals surface area contributed by atoms with Gasteiger partial charge in [-0.05, 0) is 31.4 Å². The Morgan fingerprint density at radius 2 is 2.13 bits per heavy atom. The highest BCUT2D eigenvalue weighted by molar-refractivity contribution is 6.09. The maximum Gasteiger partial charge on any atom is 0.326 e. The Morgan fingerprint density at radius 3 is 2.74 bits per heavy atom. The van der Waals surface area contributed by atoms with Crippen molar-refractivity contribution in [3.05, 3.63) is 24.4 Å². The van der Waals surface area contributed by atoms with Gasteiger partial charge in [-0.1, -0.05) is 19.9 Å². The normalized spacial score (nSPS) is 24.3. The van der Waals surface area contributed by atoms with E-state index in [-0.39, 0.29) is 12.3 Å². The van der Waals surface area contributed by atoms with E-state index in [2.05, 4.69) is 10.3 Å². The van der Waals surface area contributed by atoms with Crippen LogP contribution in [-0.4, -0.2) is 45.2 Å². The number of hydrogen-bond acceptors (Lipinski definition) is 4. The summed E-state index contributed by atoms with van der Waals surface area (Å²) in [5.74, 6) is -1.47. The highest BCUT2D eigenvalue weighted by Crippen LogP contribution is 2.28. The van der Waals surface area contributed by atoms with Gasteiger partial charge in [-0.25, -0.2) is 4.79 Å². The van der Waals surface area contributed by atoms with Crippen molar-refractivity contribution in [2.24, 2.45) is 10.9 Å². The van der Waals surface area contributed by atoms with Gasteiger partial charge in [0.1, 0.15) is 17.4 Å². The van der Waals surface area contributed by atoms with Crippen LogP contribution in [-0.2, 0) is 14.4 Å². The lowest BCUT2D eigenvalue weighted by atomic mass is 9.90. The summed E-state index contributed by atoms with van der Waals surface area (Å²) in [5.41, 5.74) is -1.19. The maximum atomic E-state index is 12.7. The number of allylic oxidation sites excluding steroid dienone is 2. The van der Waals surface area contributed by atoms with Crippen LogP contribution >= 0.6 is 0 Å². The van der Waals surface area contributed by atoms with E-state index < -0.39 is 29.4 Å². The van der Waals surface area contributed by atoms with Crippen LogP contribution in [0.1, 0.15) is 33.6 Å². The highest BCUT2D eigenvalue weighted by atomic mass is 16.4. The molecule has 124 valence electrons. The fourth-order valence-electron chi connectivity index (χ4n) is 2.69. The average molecular weight is 319 g/mol. The average Bonchev–Trinajstić information content (AvgIpc) is 2.45. The summed E-state index contributed by atoms with van der Waals surface area (Å²) < 4.78 is 0. The number of amidine groups is 1. The van der Waals surface area contributed by atoms with Gasteiger partial charge in [0.25, 0.3) is 5.91 Å². The number of aliphatic carboxylic acids is 1. The van der Waals surface area contributed by atoms with E-state index in [0.29, 0.717) is 12.3 Å². The van der Waals surface area contributed by atoms with Gasteiger partial charge in [-0.15, -0.1) is 0 Å². The molecule has 2 amide bonds. The number of nitrogens with zero attached hydrogens (tertiary/aromatic N) is 2. The lowest BCUT2D eigenvalue weighted by Crippen LogP contribution is -2.62. The maximum absolute atomic E-state index is 12.7. The van der Waals surface area contributed by atoms with Crippen LogP contribution in [0.4, 0.5) is 0 Å². The Labute approximate surface area is 134 Å². The smallest absolute Gasteiger partial charge is 0.326 e. The zero-order chi connectivity index (χ0) is 17.2. The molecule has 2 N–H and O–H groups in total. The van der Waals surface area contributed by atoms with E-state index in [9.17, 15) is 19.5 Å². The number of carbonyl (C=O) groups excluding carboxylic acids is 2. The molecule has 7 heteroatoms. The van der Waals surface area contributed by atoms with Gasteiger partial charge in [0.2, 0.25) is 5.91 Å². The Morgan fingerprint density at radius 1 is 1.43 bits per heavy atom. The minimum atomic E-state index is -1.19. The number of hydrogen-bond donors (Lipinski definition) is 2. The summed E-state index contributed by atoms with van der Waals surface area (Å²) in [7, 11) is 0. The summed E-state index contributed by atoms with van der Waals surface area (Å²) in [6.07, 6.45) is 7.00. The monoisotopic (exact) mass is 319 g/mol. The lowest BCUT2D eigenvalue weighted by Gasteiger charge is -2.42. The molecule has 2 atom stereocenters. The van der Waals surface area contributed by atoms with Gasteiger partial charge < -0.3 is 15.3 Å². The van der Waals surface area contributed by atoms with Crippen LogP contribution < -0.4 is 5.32 Å². The molecule has 0 bridgehead atoms. The molecule has 0 saturated carbocycles. The number of carbonyl (C=O) groups is 3. The first-order valence-corrected chi connectivity index (χ1v) is 7.53. The number of amides is 2. The first-order valence-electron chi connectivity index (χ1n) is 7.53. The van der Waals surface area contributed by atoms with Crippen molar-refractivity contribution in [3.63, 3.8) is 0 Å². The minimum Gasteiger partial charge on any atom is -0.480 e. The Balaban J connectivity index is 2.24. The first-order chi connectivity index (χ1) is 10.7. The van der Waals surface area contributed by atoms with E-state index in [1.807, 2.05) is 13.8 Å². The van der Waals surface area contributed by atoms with Crippen molar-refractivity contribution in [3.8, 4) is 0 Å². The molecular formula is C16H21N3O4. The fourth-order valence-corrected chi connectivity index (χ4v) is 2.69. The lowest BCUT2D eigenvalue weighted by molar-refractivity contribution is -0.144. The molecule has 7 nitrogen and oxygen atoms in total. The van der Waals surface area contributed by atoms with Crippen LogP contribution in [0.3, 0.4) is 0 Å².